The highest BCUT2D eigenvalue weighted by Gasteiger charge is 2.41. The zero-order valence-electron chi connectivity index (χ0n) is 75.5. The van der Waals surface area contributed by atoms with E-state index in [1.165, 1.54) is 0 Å². The summed E-state index contributed by atoms with van der Waals surface area (Å²) in [4.78, 5) is 223. The summed E-state index contributed by atoms with van der Waals surface area (Å²) >= 11 is 1.86. The zero-order chi connectivity index (χ0) is 95.5. The van der Waals surface area contributed by atoms with Crippen molar-refractivity contribution in [2.75, 3.05) is 196 Å². The predicted molar refractivity (Wildman–Crippen MR) is 475 cm³/mol. The van der Waals surface area contributed by atoms with Crippen LogP contribution in [-0.2, 0) is 135 Å². The minimum Gasteiger partial charge on any atom is -0.462 e. The number of hydrogen-bond donors (Lipinski definition) is 13. The van der Waals surface area contributed by atoms with Gasteiger partial charge in [0.05, 0.1) is 134 Å². The lowest BCUT2D eigenvalue weighted by atomic mass is 9.88. The van der Waals surface area contributed by atoms with Crippen LogP contribution in [0.1, 0.15) is 137 Å². The lowest BCUT2D eigenvalue weighted by Crippen LogP contribution is -2.58. The fourth-order valence-corrected chi connectivity index (χ4v) is 14.4. The van der Waals surface area contributed by atoms with Crippen LogP contribution < -0.4 is 58.9 Å². The maximum Gasteiger partial charge on any atom is 0.325 e. The van der Waals surface area contributed by atoms with Gasteiger partial charge in [0.25, 0.3) is 0 Å². The molecule has 2 saturated heterocycles. The van der Waals surface area contributed by atoms with E-state index in [9.17, 15) is 81.5 Å². The molecule has 0 aromatic heterocycles. The van der Waals surface area contributed by atoms with E-state index < -0.39 is 148 Å². The molecule has 0 bridgehead atoms. The molecule has 4 rings (SSSR count). The van der Waals surface area contributed by atoms with Gasteiger partial charge < -0.3 is 116 Å². The van der Waals surface area contributed by atoms with E-state index in [2.05, 4.69) is 53.2 Å². The minimum atomic E-state index is -1.28. The summed E-state index contributed by atoms with van der Waals surface area (Å²) in [5, 5.41) is 44.4. The van der Waals surface area contributed by atoms with Crippen molar-refractivity contribution >= 4 is 135 Å². The van der Waals surface area contributed by atoms with Crippen LogP contribution in [-0.4, -0.2) is 351 Å². The molecule has 0 aliphatic carbocycles. The number of hydrogen-bond acceptors (Lipinski definition) is 31. The second-order valence-electron chi connectivity index (χ2n) is 32.6. The number of aliphatic hydroxyl groups excluding tert-OH is 2. The van der Waals surface area contributed by atoms with Gasteiger partial charge >= 0.3 is 11.9 Å². The average Bonchev–Trinajstić information content (AvgIpc) is 1.80. The van der Waals surface area contributed by atoms with E-state index in [0.717, 1.165) is 49.7 Å². The number of amides is 15. The number of nitrogens with zero attached hydrogens (tertiary/aromatic N) is 2. The first-order valence-corrected chi connectivity index (χ1v) is 45.9. The first-order valence-electron chi connectivity index (χ1n) is 43.8. The van der Waals surface area contributed by atoms with Crippen molar-refractivity contribution in [3.05, 3.63) is 48.0 Å². The van der Waals surface area contributed by atoms with E-state index in [0.29, 0.717) is 32.1 Å². The Balaban J connectivity index is 1.19. The molecular weight excluding hydrogens is 1740 g/mol. The molecule has 2 fully saturated rings. The molecule has 44 heteroatoms. The summed E-state index contributed by atoms with van der Waals surface area (Å²) in [5.74, 6) is -10.2. The molecule has 2 aliphatic heterocycles. The van der Waals surface area contributed by atoms with E-state index in [-0.39, 0.29) is 258 Å². The number of nitrogens with one attached hydrogen (secondary N) is 10. The Kier molecular flexibility index (Phi) is 56.4. The van der Waals surface area contributed by atoms with Crippen molar-refractivity contribution in [2.45, 2.75) is 173 Å². The number of likely N-dealkylation sites (tertiary alicyclic amines) is 2. The van der Waals surface area contributed by atoms with Gasteiger partial charge in [-0.3, -0.25) is 91.3 Å². The molecule has 730 valence electrons. The molecule has 2 aromatic carbocycles. The Labute approximate surface area is 766 Å². The Morgan fingerprint density at radius 3 is 1.23 bits per heavy atom. The molecule has 2 heterocycles. The number of benzene rings is 2. The van der Waals surface area contributed by atoms with Gasteiger partial charge in [0.2, 0.25) is 88.6 Å². The van der Waals surface area contributed by atoms with Gasteiger partial charge in [-0.15, -0.1) is 23.5 Å². The van der Waals surface area contributed by atoms with Crippen LogP contribution in [0, 0.1) is 10.8 Å². The van der Waals surface area contributed by atoms with Crippen molar-refractivity contribution in [3.63, 3.8) is 0 Å². The number of nitrogens with two attached hydrogens (primary N) is 1. The van der Waals surface area contributed by atoms with Crippen molar-refractivity contribution < 1.29 is 139 Å². The summed E-state index contributed by atoms with van der Waals surface area (Å²) in [5.41, 5.74) is 5.97. The van der Waals surface area contributed by atoms with Gasteiger partial charge in [-0.1, -0.05) is 84.0 Å². The standard InChI is InChI=1S/C86H135N13O29S2/c1-85(2,3)24-20-64(94-70(104)50-60-16-13-15-59-14-7-8-17-61(59)60)81(115)96-63(19-10-12-27-89-72(106)56-126-45-43-120-35-29-91-69(103)23-31-99-76(110)52-67(84(99)118)130-58-74(108)93-54-78(112)128-49-47-124-41-39-122-37-33-101)80(114)97-65(21-25-86(4,5)6)82(116)95-62(79(87)113)18-9-11-26-88-71(105)55-125-44-42-119-34-28-90-68(102)22-30-98-75(109)51-66(83(98)117)129-57-73(107)92-53-77(111)127-48-46-123-40-38-121-36-32-100/h7-8,13-17,62-67,100-101H,9-12,18-58H2,1-6H3,(H2,87,113)(H,88,105)(H,89,106)(H,90,102)(H,91,103)(H,92,107)(H,93,108)(H,94,104)(H,95,116)(H,96,115)(H,97,114). The number of ether oxygens (including phenoxy) is 10. The van der Waals surface area contributed by atoms with Gasteiger partial charge in [-0.25, -0.2) is 0 Å². The zero-order valence-corrected chi connectivity index (χ0v) is 77.2. The second kappa shape index (κ2) is 65.0. The third-order valence-corrected chi connectivity index (χ3v) is 21.8. The fraction of sp³-hybridized carbons (Fsp3) is 0.686. The summed E-state index contributed by atoms with van der Waals surface area (Å²) < 4.78 is 52.5. The molecular formula is C86H135N13O29S2. The fourth-order valence-electron chi connectivity index (χ4n) is 12.5. The minimum absolute atomic E-state index is 0.0121. The molecule has 42 nitrogen and oxygen atoms in total. The van der Waals surface area contributed by atoms with Crippen LogP contribution in [0.15, 0.2) is 42.5 Å². The third-order valence-electron chi connectivity index (χ3n) is 19.4. The summed E-state index contributed by atoms with van der Waals surface area (Å²) in [6.07, 6.45) is 1.82. The topological polar surface area (TPSA) is 576 Å². The molecule has 15 amide bonds. The highest BCUT2D eigenvalue weighted by Crippen LogP contribution is 2.28. The van der Waals surface area contributed by atoms with Crippen molar-refractivity contribution in [1.29, 1.82) is 0 Å². The lowest BCUT2D eigenvalue weighted by molar-refractivity contribution is -0.145. The van der Waals surface area contributed by atoms with Gasteiger partial charge in [0.15, 0.2) is 0 Å². The Hall–Kier alpha value is -9.61. The van der Waals surface area contributed by atoms with Gasteiger partial charge in [0, 0.05) is 65.0 Å². The van der Waals surface area contributed by atoms with Crippen LogP contribution in [0.5, 0.6) is 0 Å². The number of imide groups is 2. The number of thioether (sulfide) groups is 2. The molecule has 6 unspecified atom stereocenters. The van der Waals surface area contributed by atoms with Gasteiger partial charge in [-0.2, -0.15) is 0 Å². The monoisotopic (exact) mass is 1880 g/mol. The third kappa shape index (κ3) is 50.7. The first kappa shape index (κ1) is 113. The molecule has 0 radical (unpaired) electrons. The van der Waals surface area contributed by atoms with Crippen molar-refractivity contribution in [2.24, 2.45) is 16.6 Å². The second-order valence-corrected chi connectivity index (χ2v) is 35.0. The molecule has 6 atom stereocenters. The number of carbonyl (C=O) groups is 17. The maximum atomic E-state index is 14.8. The maximum absolute atomic E-state index is 14.8. The molecule has 0 spiro atoms. The van der Waals surface area contributed by atoms with Crippen LogP contribution in [0.3, 0.4) is 0 Å². The average molecular weight is 1880 g/mol. The number of rotatable bonds is 72. The van der Waals surface area contributed by atoms with Gasteiger partial charge in [0.1, 0.15) is 63.7 Å². The van der Waals surface area contributed by atoms with E-state index in [1.807, 2.05) is 84.0 Å². The number of fused-ring (bicyclic) bond motifs is 1. The molecule has 0 saturated carbocycles. The number of primary amides is 1. The lowest BCUT2D eigenvalue weighted by Gasteiger charge is -2.28. The molecule has 2 aromatic rings. The molecule has 2 aliphatic rings. The van der Waals surface area contributed by atoms with Crippen LogP contribution >= 0.6 is 23.5 Å². The Morgan fingerprint density at radius 1 is 0.415 bits per heavy atom. The largest absolute Gasteiger partial charge is 0.462 e. The van der Waals surface area contributed by atoms with Crippen LogP contribution in [0.4, 0.5) is 0 Å². The van der Waals surface area contributed by atoms with Crippen molar-refractivity contribution in [1.82, 2.24) is 63.0 Å². The highest BCUT2D eigenvalue weighted by molar-refractivity contribution is 8.01. The smallest absolute Gasteiger partial charge is 0.325 e. The number of unbranched alkanes of at least 4 members (excludes halogenated alkanes) is 2. The summed E-state index contributed by atoms with van der Waals surface area (Å²) in [7, 11) is 0. The van der Waals surface area contributed by atoms with Crippen LogP contribution in [0.2, 0.25) is 0 Å². The van der Waals surface area contributed by atoms with Crippen LogP contribution in [0.25, 0.3) is 10.8 Å². The van der Waals surface area contributed by atoms with Gasteiger partial charge in [-0.05, 0) is 91.4 Å². The highest BCUT2D eigenvalue weighted by atomic mass is 32.2. The summed E-state index contributed by atoms with van der Waals surface area (Å²) in [6.45, 7) is 12.1. The number of carbonyl (C=O) groups excluding carboxylic acids is 17. The molecule has 14 N–H and O–H groups in total. The Morgan fingerprint density at radius 2 is 0.792 bits per heavy atom. The predicted octanol–water partition coefficient (Wildman–Crippen LogP) is -1.80. The van der Waals surface area contributed by atoms with E-state index >= 15 is 0 Å². The summed E-state index contributed by atoms with van der Waals surface area (Å²) in [6, 6.07) is 8.42. The van der Waals surface area contributed by atoms with E-state index in [1.54, 1.807) is 0 Å². The first-order chi connectivity index (χ1) is 62.2. The van der Waals surface area contributed by atoms with Crippen molar-refractivity contribution in [3.8, 4) is 0 Å². The quantitative estimate of drug-likeness (QED) is 0.0197. The number of aliphatic hydroxyl groups is 2. The molecule has 130 heavy (non-hydrogen) atoms. The number of esters is 2. The normalized spacial score (nSPS) is 14.8. The SMILES string of the molecule is CC(C)(C)CCC(NC(=O)Cc1cccc2ccccc12)C(=O)NC(CCCCNC(=O)COCCOCCNC(=O)CCN1C(=O)CC(SCC(=O)NCC(=O)OCCOCCOCCO)C1=O)C(=O)NC(CCC(C)(C)C)C(=O)NC(CCCCNC(=O)COCCOCCNC(=O)CCN1C(=O)CC(SCC(=O)NCC(=O)OCCOCCOCCO)C1=O)C(N)=O. The van der Waals surface area contributed by atoms with E-state index in [4.69, 9.17) is 63.3 Å². The Bertz CT molecular complexity index is 3910.